The number of aromatic nitrogens is 1. The van der Waals surface area contributed by atoms with E-state index in [1.165, 1.54) is 6.42 Å². The Kier molecular flexibility index (Phi) is 2.79. The van der Waals surface area contributed by atoms with Crippen molar-refractivity contribution in [3.63, 3.8) is 0 Å². The largest absolute Gasteiger partial charge is 0.337 e. The molecule has 1 atom stereocenters. The van der Waals surface area contributed by atoms with Crippen LogP contribution in [-0.4, -0.2) is 53.9 Å². The Morgan fingerprint density at radius 1 is 1.39 bits per heavy atom. The molecule has 0 saturated carbocycles. The minimum atomic E-state index is -0.159. The van der Waals surface area contributed by atoms with Crippen molar-refractivity contribution in [2.24, 2.45) is 5.41 Å². The molecule has 0 radical (unpaired) electrons. The molecule has 1 N–H and O–H groups in total. The van der Waals surface area contributed by atoms with Crippen LogP contribution in [0.25, 0.3) is 0 Å². The first kappa shape index (κ1) is 11.9. The Morgan fingerprint density at radius 2 is 2.17 bits per heavy atom. The van der Waals surface area contributed by atoms with E-state index < -0.39 is 0 Å². The van der Waals surface area contributed by atoms with E-state index >= 15 is 0 Å². The maximum atomic E-state index is 12.2. The number of aromatic amines is 1. The molecule has 1 amide bonds. The highest BCUT2D eigenvalue weighted by Gasteiger charge is 2.43. The highest BCUT2D eigenvalue weighted by atomic mass is 32.1. The minimum absolute atomic E-state index is 0.0280. The topological polar surface area (TPSA) is 56.4 Å². The molecule has 5 nitrogen and oxygen atoms in total. The van der Waals surface area contributed by atoms with Crippen LogP contribution in [0.15, 0.2) is 10.2 Å². The van der Waals surface area contributed by atoms with E-state index in [1.54, 1.807) is 5.38 Å². The van der Waals surface area contributed by atoms with Crippen LogP contribution in [0.1, 0.15) is 23.3 Å². The summed E-state index contributed by atoms with van der Waals surface area (Å²) in [5.74, 6) is -0.0280. The molecule has 3 rings (SSSR count). The molecule has 0 aromatic carbocycles. The van der Waals surface area contributed by atoms with Crippen LogP contribution in [-0.2, 0) is 0 Å². The van der Waals surface area contributed by atoms with E-state index in [0.717, 1.165) is 43.9 Å². The van der Waals surface area contributed by atoms with E-state index in [2.05, 4.69) is 16.9 Å². The van der Waals surface area contributed by atoms with Gasteiger partial charge in [0.15, 0.2) is 0 Å². The summed E-state index contributed by atoms with van der Waals surface area (Å²) < 4.78 is 0. The fraction of sp³-hybridized carbons (Fsp3) is 0.667. The smallest absolute Gasteiger partial charge is 0.305 e. The monoisotopic (exact) mass is 267 g/mol. The normalized spacial score (nSPS) is 28.4. The number of amides is 1. The first-order valence-electron chi connectivity index (χ1n) is 6.24. The Balaban J connectivity index is 1.72. The molecule has 2 saturated heterocycles. The van der Waals surface area contributed by atoms with Crippen LogP contribution in [0.4, 0.5) is 0 Å². The number of thiazole rings is 1. The highest BCUT2D eigenvalue weighted by Crippen LogP contribution is 2.39. The maximum absolute atomic E-state index is 12.2. The van der Waals surface area contributed by atoms with E-state index in [-0.39, 0.29) is 10.8 Å². The van der Waals surface area contributed by atoms with Crippen molar-refractivity contribution in [2.45, 2.75) is 12.8 Å². The quantitative estimate of drug-likeness (QED) is 0.811. The van der Waals surface area contributed by atoms with Crippen LogP contribution in [0.3, 0.4) is 0 Å². The number of nitrogens with zero attached hydrogens (tertiary/aromatic N) is 2. The van der Waals surface area contributed by atoms with Crippen LogP contribution in [0.2, 0.25) is 0 Å². The summed E-state index contributed by atoms with van der Waals surface area (Å²) in [5, 5.41) is 1.62. The van der Waals surface area contributed by atoms with E-state index in [1.807, 2.05) is 4.90 Å². The lowest BCUT2D eigenvalue weighted by molar-refractivity contribution is 0.0768. The van der Waals surface area contributed by atoms with Crippen molar-refractivity contribution >= 4 is 17.2 Å². The molecule has 1 unspecified atom stereocenters. The number of H-pyrrole nitrogens is 1. The van der Waals surface area contributed by atoms with Gasteiger partial charge in [-0.05, 0) is 26.4 Å². The Labute approximate surface area is 109 Å². The standard InChI is InChI=1S/C12H17N3O2S/c1-14-4-2-12(7-14)3-5-15(8-12)10(16)9-6-18-11(17)13-9/h6H,2-5,7-8H2,1H3,(H,13,17). The van der Waals surface area contributed by atoms with E-state index in [0.29, 0.717) is 11.1 Å². The van der Waals surface area contributed by atoms with E-state index in [9.17, 15) is 9.59 Å². The fourth-order valence-corrected chi connectivity index (χ4v) is 3.71. The van der Waals surface area contributed by atoms with Gasteiger partial charge in [-0.2, -0.15) is 0 Å². The van der Waals surface area contributed by atoms with Crippen molar-refractivity contribution in [3.05, 3.63) is 20.7 Å². The zero-order valence-corrected chi connectivity index (χ0v) is 11.3. The van der Waals surface area contributed by atoms with Gasteiger partial charge in [-0.25, -0.2) is 0 Å². The molecule has 2 aliphatic rings. The lowest BCUT2D eigenvalue weighted by atomic mass is 9.86. The second kappa shape index (κ2) is 4.20. The number of likely N-dealkylation sites (tertiary alicyclic amines) is 2. The summed E-state index contributed by atoms with van der Waals surface area (Å²) >= 11 is 1.05. The number of rotatable bonds is 1. The molecule has 0 aliphatic carbocycles. The van der Waals surface area contributed by atoms with Gasteiger partial charge in [-0.15, -0.1) is 0 Å². The van der Waals surface area contributed by atoms with Gasteiger partial charge in [0.2, 0.25) is 0 Å². The van der Waals surface area contributed by atoms with Gasteiger partial charge < -0.3 is 14.8 Å². The Hall–Kier alpha value is -1.14. The lowest BCUT2D eigenvalue weighted by Gasteiger charge is -2.23. The van der Waals surface area contributed by atoms with Gasteiger partial charge in [0.05, 0.1) is 0 Å². The second-order valence-corrected chi connectivity index (χ2v) is 6.37. The van der Waals surface area contributed by atoms with Crippen LogP contribution < -0.4 is 4.87 Å². The van der Waals surface area contributed by atoms with Crippen LogP contribution in [0, 0.1) is 5.41 Å². The Morgan fingerprint density at radius 3 is 2.78 bits per heavy atom. The summed E-state index contributed by atoms with van der Waals surface area (Å²) in [5.41, 5.74) is 0.731. The predicted octanol–water partition coefficient (Wildman–Crippen LogP) is 0.604. The SMILES string of the molecule is CN1CCC2(CCN(C(=O)c3csc(=O)[nH]3)C2)C1. The number of nitrogens with one attached hydrogen (secondary N) is 1. The second-order valence-electron chi connectivity index (χ2n) is 5.53. The molecule has 1 aromatic heterocycles. The van der Waals surface area contributed by atoms with Gasteiger partial charge in [0.1, 0.15) is 5.69 Å². The molecule has 98 valence electrons. The molecule has 1 spiro atoms. The average molecular weight is 267 g/mol. The highest BCUT2D eigenvalue weighted by molar-refractivity contribution is 7.07. The van der Waals surface area contributed by atoms with Crippen molar-refractivity contribution in [1.29, 1.82) is 0 Å². The van der Waals surface area contributed by atoms with Gasteiger partial charge in [0.25, 0.3) is 5.91 Å². The third-order valence-electron chi connectivity index (χ3n) is 4.11. The molecule has 1 aromatic rings. The average Bonchev–Trinajstić information content (AvgIpc) is 3.01. The van der Waals surface area contributed by atoms with Crippen molar-refractivity contribution < 1.29 is 4.79 Å². The van der Waals surface area contributed by atoms with Crippen LogP contribution >= 0.6 is 11.3 Å². The number of hydrogen-bond acceptors (Lipinski definition) is 4. The van der Waals surface area contributed by atoms with Gasteiger partial charge >= 0.3 is 4.87 Å². The molecule has 6 heteroatoms. The summed E-state index contributed by atoms with van der Waals surface area (Å²) in [6.07, 6.45) is 2.25. The number of carbonyl (C=O) groups excluding carboxylic acids is 1. The summed E-state index contributed by atoms with van der Waals surface area (Å²) in [6.45, 7) is 3.84. The molecule has 18 heavy (non-hydrogen) atoms. The van der Waals surface area contributed by atoms with Crippen molar-refractivity contribution in [3.8, 4) is 0 Å². The fourth-order valence-electron chi connectivity index (χ4n) is 3.16. The zero-order valence-electron chi connectivity index (χ0n) is 10.4. The number of hydrogen-bond donors (Lipinski definition) is 1. The molecule has 2 fully saturated rings. The van der Waals surface area contributed by atoms with Gasteiger partial charge in [-0.1, -0.05) is 11.3 Å². The lowest BCUT2D eigenvalue weighted by Crippen LogP contribution is -2.33. The van der Waals surface area contributed by atoms with Gasteiger partial charge in [0, 0.05) is 30.4 Å². The number of carbonyl (C=O) groups is 1. The molecular weight excluding hydrogens is 250 g/mol. The third-order valence-corrected chi connectivity index (χ3v) is 4.78. The summed E-state index contributed by atoms with van der Waals surface area (Å²) in [7, 11) is 2.13. The molecule has 0 bridgehead atoms. The summed E-state index contributed by atoms with van der Waals surface area (Å²) in [6, 6.07) is 0. The van der Waals surface area contributed by atoms with Crippen LogP contribution in [0.5, 0.6) is 0 Å². The first-order valence-corrected chi connectivity index (χ1v) is 7.12. The van der Waals surface area contributed by atoms with E-state index in [4.69, 9.17) is 0 Å². The third kappa shape index (κ3) is 1.99. The predicted molar refractivity (Wildman–Crippen MR) is 70.0 cm³/mol. The van der Waals surface area contributed by atoms with Crippen molar-refractivity contribution in [1.82, 2.24) is 14.8 Å². The summed E-state index contributed by atoms with van der Waals surface area (Å²) in [4.78, 5) is 30.0. The van der Waals surface area contributed by atoms with Crippen molar-refractivity contribution in [2.75, 3.05) is 33.2 Å². The maximum Gasteiger partial charge on any atom is 0.305 e. The zero-order chi connectivity index (χ0) is 12.8. The minimum Gasteiger partial charge on any atom is -0.337 e. The Bertz CT molecular complexity index is 523. The van der Waals surface area contributed by atoms with Gasteiger partial charge in [-0.3, -0.25) is 9.59 Å². The molecular formula is C12H17N3O2S. The molecule has 2 aliphatic heterocycles. The first-order chi connectivity index (χ1) is 8.58. The molecule has 3 heterocycles.